The van der Waals surface area contributed by atoms with E-state index in [4.69, 9.17) is 4.74 Å². The van der Waals surface area contributed by atoms with E-state index in [0.29, 0.717) is 37.3 Å². The first-order chi connectivity index (χ1) is 13.9. The van der Waals surface area contributed by atoms with Gasteiger partial charge in [0.25, 0.3) is 0 Å². The second-order valence-corrected chi connectivity index (χ2v) is 7.09. The van der Waals surface area contributed by atoms with E-state index in [9.17, 15) is 18.8 Å². The van der Waals surface area contributed by atoms with Gasteiger partial charge in [0.05, 0.1) is 31.6 Å². The molecule has 29 heavy (non-hydrogen) atoms. The van der Waals surface area contributed by atoms with Crippen LogP contribution in [0, 0.1) is 5.82 Å². The number of nitrogens with zero attached hydrogens (tertiary/aromatic N) is 2. The average molecular weight is 408 g/mol. The summed E-state index contributed by atoms with van der Waals surface area (Å²) in [7, 11) is 1.32. The van der Waals surface area contributed by atoms with E-state index in [1.54, 1.807) is 12.1 Å². The van der Waals surface area contributed by atoms with Crippen molar-refractivity contribution in [2.75, 3.05) is 43.1 Å². The highest BCUT2D eigenvalue weighted by Gasteiger charge is 2.33. The summed E-state index contributed by atoms with van der Waals surface area (Å²) in [6, 6.07) is 4.64. The van der Waals surface area contributed by atoms with E-state index < -0.39 is 24.1 Å². The molecular weight excluding hydrogens is 383 g/mol. The molecule has 10 heteroatoms. The molecule has 0 aromatic heterocycles. The van der Waals surface area contributed by atoms with Gasteiger partial charge in [-0.05, 0) is 31.0 Å². The highest BCUT2D eigenvalue weighted by atomic mass is 19.1. The molecule has 1 unspecified atom stereocenters. The largest absolute Gasteiger partial charge is 0.453 e. The molecule has 3 amide bonds. The predicted molar refractivity (Wildman–Crippen MR) is 103 cm³/mol. The smallest absolute Gasteiger partial charge is 0.414 e. The van der Waals surface area contributed by atoms with E-state index in [-0.39, 0.29) is 25.0 Å². The number of anilines is 2. The first-order valence-corrected chi connectivity index (χ1v) is 9.49. The zero-order valence-electron chi connectivity index (χ0n) is 16.4. The Kier molecular flexibility index (Phi) is 6.40. The summed E-state index contributed by atoms with van der Waals surface area (Å²) in [5.74, 6) is -0.638. The summed E-state index contributed by atoms with van der Waals surface area (Å²) < 4.78 is 24.6. The van der Waals surface area contributed by atoms with Gasteiger partial charge >= 0.3 is 12.2 Å². The van der Waals surface area contributed by atoms with Crippen LogP contribution >= 0.6 is 0 Å². The molecule has 2 saturated heterocycles. The van der Waals surface area contributed by atoms with Crippen molar-refractivity contribution < 1.29 is 28.2 Å². The fraction of sp³-hybridized carbons (Fsp3) is 0.526. The van der Waals surface area contributed by atoms with Crippen LogP contribution in [-0.2, 0) is 14.3 Å². The number of amides is 3. The molecule has 0 radical (unpaired) electrons. The van der Waals surface area contributed by atoms with Crippen LogP contribution in [-0.4, -0.2) is 63.5 Å². The summed E-state index contributed by atoms with van der Waals surface area (Å²) in [4.78, 5) is 37.7. The van der Waals surface area contributed by atoms with Crippen molar-refractivity contribution in [2.24, 2.45) is 0 Å². The first kappa shape index (κ1) is 20.7. The van der Waals surface area contributed by atoms with Crippen molar-refractivity contribution in [2.45, 2.75) is 31.9 Å². The van der Waals surface area contributed by atoms with Crippen LogP contribution < -0.4 is 20.4 Å². The van der Waals surface area contributed by atoms with Gasteiger partial charge in [-0.2, -0.15) is 0 Å². The standard InChI is InChI=1S/C19H25FN4O5/c1-12(25)21-10-15-11-24(19(27)29-15)14-3-4-17(16(20)9-14)23-7-5-13(6-8-23)22-18(26)28-2/h3-4,9,13,15H,5-8,10-11H2,1-2H3,(H,21,25)(H,22,26). The average Bonchev–Trinajstić information content (AvgIpc) is 3.07. The highest BCUT2D eigenvalue weighted by Crippen LogP contribution is 2.29. The number of cyclic esters (lactones) is 1. The van der Waals surface area contributed by atoms with Crippen LogP contribution in [0.4, 0.5) is 25.4 Å². The van der Waals surface area contributed by atoms with Crippen LogP contribution in [0.1, 0.15) is 19.8 Å². The summed E-state index contributed by atoms with van der Waals surface area (Å²) in [6.07, 6.45) is -0.148. The monoisotopic (exact) mass is 408 g/mol. The van der Waals surface area contributed by atoms with E-state index >= 15 is 0 Å². The lowest BCUT2D eigenvalue weighted by Crippen LogP contribution is -2.44. The van der Waals surface area contributed by atoms with Gasteiger partial charge < -0.3 is 25.0 Å². The van der Waals surface area contributed by atoms with Crippen molar-refractivity contribution in [1.29, 1.82) is 0 Å². The third kappa shape index (κ3) is 5.07. The van der Waals surface area contributed by atoms with Crippen molar-refractivity contribution in [1.82, 2.24) is 10.6 Å². The molecular formula is C19H25FN4O5. The Hall–Kier alpha value is -3.04. The lowest BCUT2D eigenvalue weighted by Gasteiger charge is -2.34. The van der Waals surface area contributed by atoms with Crippen LogP contribution in [0.2, 0.25) is 0 Å². The molecule has 2 fully saturated rings. The SMILES string of the molecule is COC(=O)NC1CCN(c2ccc(N3CC(CNC(C)=O)OC3=O)cc2F)CC1. The fourth-order valence-electron chi connectivity index (χ4n) is 3.51. The van der Waals surface area contributed by atoms with E-state index in [1.165, 1.54) is 25.0 Å². The van der Waals surface area contributed by atoms with E-state index in [1.807, 2.05) is 4.90 Å². The predicted octanol–water partition coefficient (Wildman–Crippen LogP) is 1.61. The number of rotatable bonds is 5. The maximum atomic E-state index is 14.8. The Morgan fingerprint density at radius 3 is 2.66 bits per heavy atom. The number of ether oxygens (including phenoxy) is 2. The molecule has 1 aromatic carbocycles. The number of halogens is 1. The lowest BCUT2D eigenvalue weighted by atomic mass is 10.0. The molecule has 0 saturated carbocycles. The van der Waals surface area contributed by atoms with Gasteiger partial charge in [0, 0.05) is 26.1 Å². The van der Waals surface area contributed by atoms with Crippen molar-refractivity contribution in [3.8, 4) is 0 Å². The molecule has 1 aromatic rings. The summed E-state index contributed by atoms with van der Waals surface area (Å²) in [6.45, 7) is 3.02. The summed E-state index contributed by atoms with van der Waals surface area (Å²) in [5, 5.41) is 5.37. The summed E-state index contributed by atoms with van der Waals surface area (Å²) in [5.41, 5.74) is 0.858. The highest BCUT2D eigenvalue weighted by molar-refractivity contribution is 5.90. The van der Waals surface area contributed by atoms with Crippen molar-refractivity contribution in [3.63, 3.8) is 0 Å². The van der Waals surface area contributed by atoms with Crippen LogP contribution in [0.15, 0.2) is 18.2 Å². The van der Waals surface area contributed by atoms with Gasteiger partial charge in [-0.1, -0.05) is 0 Å². The Balaban J connectivity index is 1.60. The lowest BCUT2D eigenvalue weighted by molar-refractivity contribution is -0.119. The number of hydrogen-bond donors (Lipinski definition) is 2. The van der Waals surface area contributed by atoms with Crippen LogP contribution in [0.25, 0.3) is 0 Å². The quantitative estimate of drug-likeness (QED) is 0.768. The first-order valence-electron chi connectivity index (χ1n) is 9.49. The molecule has 2 N–H and O–H groups in total. The minimum Gasteiger partial charge on any atom is -0.453 e. The molecule has 0 spiro atoms. The molecule has 158 valence electrons. The molecule has 0 bridgehead atoms. The number of carbonyl (C=O) groups excluding carboxylic acids is 3. The van der Waals surface area contributed by atoms with E-state index in [2.05, 4.69) is 15.4 Å². The third-order valence-electron chi connectivity index (χ3n) is 5.04. The second-order valence-electron chi connectivity index (χ2n) is 7.09. The molecule has 9 nitrogen and oxygen atoms in total. The number of benzene rings is 1. The normalized spacial score (nSPS) is 19.7. The number of hydrogen-bond acceptors (Lipinski definition) is 6. The van der Waals surface area contributed by atoms with E-state index in [0.717, 1.165) is 0 Å². The molecule has 1 atom stereocenters. The maximum Gasteiger partial charge on any atom is 0.414 e. The number of nitrogens with one attached hydrogen (secondary N) is 2. The number of alkyl carbamates (subject to hydrolysis) is 1. The molecule has 2 heterocycles. The van der Waals surface area contributed by atoms with Crippen LogP contribution in [0.5, 0.6) is 0 Å². The third-order valence-corrected chi connectivity index (χ3v) is 5.04. The van der Waals surface area contributed by atoms with Gasteiger partial charge in [0.2, 0.25) is 5.91 Å². The molecule has 2 aliphatic rings. The number of methoxy groups -OCH3 is 1. The molecule has 3 rings (SSSR count). The molecule has 0 aliphatic carbocycles. The van der Waals surface area contributed by atoms with Crippen molar-refractivity contribution >= 4 is 29.5 Å². The van der Waals surface area contributed by atoms with Crippen molar-refractivity contribution in [3.05, 3.63) is 24.0 Å². The van der Waals surface area contributed by atoms with Gasteiger partial charge in [0.1, 0.15) is 11.9 Å². The Labute approximate surface area is 168 Å². The minimum absolute atomic E-state index is 0.000880. The van der Waals surface area contributed by atoms with Crippen LogP contribution in [0.3, 0.4) is 0 Å². The number of carbonyl (C=O) groups is 3. The van der Waals surface area contributed by atoms with Gasteiger partial charge in [-0.25, -0.2) is 14.0 Å². The van der Waals surface area contributed by atoms with Gasteiger partial charge in [0.15, 0.2) is 0 Å². The fourth-order valence-corrected chi connectivity index (χ4v) is 3.51. The maximum absolute atomic E-state index is 14.8. The van der Waals surface area contributed by atoms with Gasteiger partial charge in [-0.15, -0.1) is 0 Å². The minimum atomic E-state index is -0.567. The Morgan fingerprint density at radius 1 is 1.31 bits per heavy atom. The topological polar surface area (TPSA) is 100 Å². The Morgan fingerprint density at radius 2 is 2.03 bits per heavy atom. The Bertz CT molecular complexity index is 782. The summed E-state index contributed by atoms with van der Waals surface area (Å²) >= 11 is 0. The number of piperidine rings is 1. The second kappa shape index (κ2) is 8.97. The van der Waals surface area contributed by atoms with Gasteiger partial charge in [-0.3, -0.25) is 9.69 Å². The molecule has 2 aliphatic heterocycles. The zero-order valence-corrected chi connectivity index (χ0v) is 16.4. The zero-order chi connectivity index (χ0) is 21.0.